The quantitative estimate of drug-likeness (QED) is 0.868. The van der Waals surface area contributed by atoms with Crippen molar-refractivity contribution in [3.05, 3.63) is 30.1 Å². The summed E-state index contributed by atoms with van der Waals surface area (Å²) < 4.78 is 1.59. The molecule has 2 aromatic rings. The third-order valence-electron chi connectivity index (χ3n) is 3.59. The Bertz CT molecular complexity index is 591. The molecular formula is C14H19N3O2. The van der Waals surface area contributed by atoms with E-state index < -0.39 is 5.97 Å². The van der Waals surface area contributed by atoms with Crippen molar-refractivity contribution in [1.82, 2.24) is 9.38 Å². The van der Waals surface area contributed by atoms with E-state index in [2.05, 4.69) is 24.1 Å². The molecule has 0 spiro atoms. The fourth-order valence-electron chi connectivity index (χ4n) is 2.01. The van der Waals surface area contributed by atoms with Crippen LogP contribution in [0, 0.1) is 5.92 Å². The van der Waals surface area contributed by atoms with E-state index in [9.17, 15) is 9.90 Å². The number of carboxylic acid groups (broad SMARTS) is 1. The van der Waals surface area contributed by atoms with Gasteiger partial charge in [0.25, 0.3) is 0 Å². The minimum atomic E-state index is -0.974. The second kappa shape index (κ2) is 5.30. The molecule has 2 unspecified atom stereocenters. The Morgan fingerprint density at radius 2 is 2.21 bits per heavy atom. The first-order valence-electron chi connectivity index (χ1n) is 6.51. The highest BCUT2D eigenvalue weighted by Crippen LogP contribution is 2.20. The molecule has 0 aliphatic heterocycles. The average Bonchev–Trinajstić information content (AvgIpc) is 2.75. The fraction of sp³-hybridized carbons (Fsp3) is 0.429. The second-order valence-electron chi connectivity index (χ2n) is 4.86. The van der Waals surface area contributed by atoms with Gasteiger partial charge < -0.3 is 10.4 Å². The molecule has 0 saturated carbocycles. The number of nitrogens with one attached hydrogen (secondary N) is 1. The van der Waals surface area contributed by atoms with Crippen LogP contribution in [0.15, 0.2) is 24.4 Å². The molecule has 0 aliphatic carbocycles. The summed E-state index contributed by atoms with van der Waals surface area (Å²) in [6.45, 7) is 6.29. The van der Waals surface area contributed by atoms with Crippen molar-refractivity contribution in [2.75, 3.05) is 5.32 Å². The Morgan fingerprint density at radius 1 is 1.47 bits per heavy atom. The number of pyridine rings is 1. The Balaban J connectivity index is 2.42. The highest BCUT2D eigenvalue weighted by Gasteiger charge is 2.20. The molecule has 5 heteroatoms. The number of hydrogen-bond acceptors (Lipinski definition) is 3. The molecule has 2 rings (SSSR count). The molecule has 0 bridgehead atoms. The Morgan fingerprint density at radius 3 is 2.84 bits per heavy atom. The van der Waals surface area contributed by atoms with Crippen molar-refractivity contribution in [2.24, 2.45) is 5.92 Å². The molecule has 19 heavy (non-hydrogen) atoms. The van der Waals surface area contributed by atoms with Gasteiger partial charge in [0.1, 0.15) is 5.65 Å². The summed E-state index contributed by atoms with van der Waals surface area (Å²) in [7, 11) is 0. The van der Waals surface area contributed by atoms with Crippen molar-refractivity contribution in [3.63, 3.8) is 0 Å². The number of nitrogens with zero attached hydrogens (tertiary/aromatic N) is 2. The van der Waals surface area contributed by atoms with E-state index in [1.54, 1.807) is 22.7 Å². The van der Waals surface area contributed by atoms with Gasteiger partial charge in [0.2, 0.25) is 0 Å². The Kier molecular flexibility index (Phi) is 3.74. The van der Waals surface area contributed by atoms with Gasteiger partial charge in [-0.05, 0) is 25.0 Å². The monoisotopic (exact) mass is 261 g/mol. The molecule has 102 valence electrons. The summed E-state index contributed by atoms with van der Waals surface area (Å²) in [5.74, 6) is -0.0875. The lowest BCUT2D eigenvalue weighted by Gasteiger charge is -2.19. The van der Waals surface area contributed by atoms with Crippen LogP contribution in [0.5, 0.6) is 0 Å². The third-order valence-corrected chi connectivity index (χ3v) is 3.59. The molecule has 0 saturated heterocycles. The Hall–Kier alpha value is -2.04. The third kappa shape index (κ3) is 2.54. The molecule has 5 nitrogen and oxygen atoms in total. The average molecular weight is 261 g/mol. The summed E-state index contributed by atoms with van der Waals surface area (Å²) >= 11 is 0. The number of hydrogen-bond donors (Lipinski definition) is 2. The van der Waals surface area contributed by atoms with Crippen LogP contribution in [-0.4, -0.2) is 26.5 Å². The maximum absolute atomic E-state index is 11.4. The lowest BCUT2D eigenvalue weighted by Crippen LogP contribution is -2.24. The molecular weight excluding hydrogens is 242 g/mol. The number of fused-ring (bicyclic) bond motifs is 1. The summed E-state index contributed by atoms with van der Waals surface area (Å²) in [5.41, 5.74) is 0.824. The number of aromatic carboxylic acids is 1. The minimum Gasteiger partial charge on any atom is -0.476 e. The van der Waals surface area contributed by atoms with E-state index in [4.69, 9.17) is 0 Å². The molecule has 2 heterocycles. The number of anilines is 1. The lowest BCUT2D eigenvalue weighted by molar-refractivity contribution is 0.0690. The van der Waals surface area contributed by atoms with Crippen LogP contribution in [0.25, 0.3) is 5.65 Å². The molecule has 2 aromatic heterocycles. The lowest BCUT2D eigenvalue weighted by atomic mass is 10.0. The van der Waals surface area contributed by atoms with E-state index in [1.807, 2.05) is 13.0 Å². The number of rotatable bonds is 5. The number of aromatic nitrogens is 2. The van der Waals surface area contributed by atoms with E-state index in [0.29, 0.717) is 17.4 Å². The van der Waals surface area contributed by atoms with Crippen molar-refractivity contribution < 1.29 is 9.90 Å². The predicted octanol–water partition coefficient (Wildman–Crippen LogP) is 2.88. The van der Waals surface area contributed by atoms with Crippen molar-refractivity contribution in [1.29, 1.82) is 0 Å². The van der Waals surface area contributed by atoms with Crippen molar-refractivity contribution >= 4 is 17.4 Å². The van der Waals surface area contributed by atoms with Gasteiger partial charge in [-0.1, -0.05) is 26.3 Å². The minimum absolute atomic E-state index is 0.174. The zero-order valence-corrected chi connectivity index (χ0v) is 11.4. The van der Waals surface area contributed by atoms with Crippen molar-refractivity contribution in [2.45, 2.75) is 33.2 Å². The molecule has 2 N–H and O–H groups in total. The van der Waals surface area contributed by atoms with Crippen LogP contribution in [0.4, 0.5) is 5.82 Å². The van der Waals surface area contributed by atoms with Crippen LogP contribution in [0.1, 0.15) is 37.7 Å². The van der Waals surface area contributed by atoms with Gasteiger partial charge in [0.15, 0.2) is 11.5 Å². The molecule has 0 aromatic carbocycles. The Labute approximate surface area is 112 Å². The topological polar surface area (TPSA) is 66.6 Å². The van der Waals surface area contributed by atoms with Gasteiger partial charge in [-0.25, -0.2) is 9.78 Å². The smallest absolute Gasteiger partial charge is 0.356 e. The maximum Gasteiger partial charge on any atom is 0.356 e. The summed E-state index contributed by atoms with van der Waals surface area (Å²) in [6, 6.07) is 5.61. The van der Waals surface area contributed by atoms with Gasteiger partial charge in [-0.2, -0.15) is 0 Å². The van der Waals surface area contributed by atoms with Crippen LogP contribution >= 0.6 is 0 Å². The SMILES string of the molecule is CCC(C)C(C)Nc1nc2ccccn2c1C(=O)O. The summed E-state index contributed by atoms with van der Waals surface area (Å²) in [5, 5.41) is 12.6. The van der Waals surface area contributed by atoms with Gasteiger partial charge in [0.05, 0.1) is 0 Å². The number of carbonyl (C=O) groups is 1. The van der Waals surface area contributed by atoms with Gasteiger partial charge >= 0.3 is 5.97 Å². The first kappa shape index (κ1) is 13.4. The largest absolute Gasteiger partial charge is 0.476 e. The molecule has 0 amide bonds. The van der Waals surface area contributed by atoms with E-state index >= 15 is 0 Å². The van der Waals surface area contributed by atoms with E-state index in [0.717, 1.165) is 6.42 Å². The standard InChI is InChI=1S/C14H19N3O2/c1-4-9(2)10(3)15-13-12(14(18)19)17-8-6-5-7-11(17)16-13/h5-10,15H,4H2,1-3H3,(H,18,19). The highest BCUT2D eigenvalue weighted by atomic mass is 16.4. The number of carboxylic acids is 1. The molecule has 2 atom stereocenters. The highest BCUT2D eigenvalue weighted by molar-refractivity contribution is 5.93. The van der Waals surface area contributed by atoms with Crippen molar-refractivity contribution in [3.8, 4) is 0 Å². The number of imidazole rings is 1. The van der Waals surface area contributed by atoms with Gasteiger partial charge in [-0.3, -0.25) is 4.40 Å². The van der Waals surface area contributed by atoms with E-state index in [-0.39, 0.29) is 11.7 Å². The second-order valence-corrected chi connectivity index (χ2v) is 4.86. The van der Waals surface area contributed by atoms with Gasteiger partial charge in [0, 0.05) is 12.2 Å². The van der Waals surface area contributed by atoms with Crippen LogP contribution < -0.4 is 5.32 Å². The zero-order valence-electron chi connectivity index (χ0n) is 11.4. The summed E-state index contributed by atoms with van der Waals surface area (Å²) in [4.78, 5) is 15.8. The first-order chi connectivity index (χ1) is 9.04. The maximum atomic E-state index is 11.4. The van der Waals surface area contributed by atoms with E-state index in [1.165, 1.54) is 0 Å². The molecule has 0 radical (unpaired) electrons. The predicted molar refractivity (Wildman–Crippen MR) is 74.7 cm³/mol. The van der Waals surface area contributed by atoms with Crippen LogP contribution in [-0.2, 0) is 0 Å². The zero-order chi connectivity index (χ0) is 14.0. The normalized spacial score (nSPS) is 14.3. The molecule has 0 aliphatic rings. The summed E-state index contributed by atoms with van der Waals surface area (Å²) in [6.07, 6.45) is 2.74. The first-order valence-corrected chi connectivity index (χ1v) is 6.51. The van der Waals surface area contributed by atoms with Crippen LogP contribution in [0.3, 0.4) is 0 Å². The van der Waals surface area contributed by atoms with Crippen LogP contribution in [0.2, 0.25) is 0 Å². The fourth-order valence-corrected chi connectivity index (χ4v) is 2.01. The van der Waals surface area contributed by atoms with Gasteiger partial charge in [-0.15, -0.1) is 0 Å². The molecule has 0 fully saturated rings.